The van der Waals surface area contributed by atoms with Crippen molar-refractivity contribution in [3.05, 3.63) is 198 Å². The molecule has 0 saturated heterocycles. The summed E-state index contributed by atoms with van der Waals surface area (Å²) in [6.45, 7) is 16.1. The highest BCUT2D eigenvalue weighted by Crippen LogP contribution is 2.52. The Balaban J connectivity index is 1.06. The van der Waals surface area contributed by atoms with Crippen LogP contribution in [0.5, 0.6) is 0 Å². The van der Waals surface area contributed by atoms with Gasteiger partial charge in [-0.3, -0.25) is 0 Å². The number of nitrogens with zero attached hydrogens (tertiary/aromatic N) is 2. The van der Waals surface area contributed by atoms with Gasteiger partial charge < -0.3 is 23.1 Å². The van der Waals surface area contributed by atoms with Crippen molar-refractivity contribution in [2.45, 2.75) is 59.8 Å². The Hall–Kier alpha value is -8.00. The summed E-state index contributed by atoms with van der Waals surface area (Å²) < 4.78 is 21.0. The minimum absolute atomic E-state index is 0.0418. The van der Waals surface area contributed by atoms with E-state index in [9.17, 15) is 0 Å². The van der Waals surface area contributed by atoms with Gasteiger partial charge in [-0.1, -0.05) is 126 Å². The lowest BCUT2D eigenvalue weighted by molar-refractivity contribution is 0.591. The van der Waals surface area contributed by atoms with Crippen LogP contribution in [-0.4, -0.2) is 6.71 Å². The minimum Gasteiger partial charge on any atom is -0.456 e. The Kier molecular flexibility index (Phi) is 9.37. The topological polar surface area (TPSA) is 45.9 Å². The van der Waals surface area contributed by atoms with Gasteiger partial charge in [-0.15, -0.1) is 11.3 Å². The van der Waals surface area contributed by atoms with E-state index in [1.807, 2.05) is 41.7 Å². The largest absolute Gasteiger partial charge is 0.456 e. The van der Waals surface area contributed by atoms with E-state index in [1.54, 1.807) is 0 Å². The molecule has 14 rings (SSSR count). The van der Waals surface area contributed by atoms with Gasteiger partial charge in [0.05, 0.1) is 10.7 Å². The van der Waals surface area contributed by atoms with Crippen molar-refractivity contribution in [2.24, 2.45) is 0 Å². The normalized spacial score (nSPS) is 13.2. The summed E-state index contributed by atoms with van der Waals surface area (Å²) >= 11 is 1.91. The highest BCUT2D eigenvalue weighted by molar-refractivity contribution is 7.26. The van der Waals surface area contributed by atoms with E-state index in [0.29, 0.717) is 0 Å². The fraction of sp³-hybridized carbons (Fsp3) is 0.138. The Morgan fingerprint density at radius 2 is 1.07 bits per heavy atom. The zero-order valence-corrected chi connectivity index (χ0v) is 42.2. The molecule has 0 aliphatic carbocycles. The number of furan rings is 3. The Labute approximate surface area is 423 Å². The third kappa shape index (κ3) is 6.60. The average Bonchev–Trinajstić information content (AvgIpc) is 4.20. The molecular formula is C65H51BN2O3S. The molecule has 8 aromatic carbocycles. The lowest BCUT2D eigenvalue weighted by atomic mass is 9.33. The first kappa shape index (κ1) is 42.8. The molecule has 0 N–H and O–H groups in total. The molecule has 0 saturated carbocycles. The lowest BCUT2D eigenvalue weighted by Gasteiger charge is -2.44. The SMILES string of the molecule is Cc1cc(-c2cc3ccccc3o2)cc(C)c1N1c2cc(C(C)C)cc3c2B(c2ccc(-c4cc5ccccc5o4)cc2N3c2cccc(-c3cc4ccccc4o3)c2)c2c1sc1ccc(C(C)(C)C)cc21. The molecule has 6 heterocycles. The predicted molar refractivity (Wildman–Crippen MR) is 304 cm³/mol. The van der Waals surface area contributed by atoms with Crippen molar-refractivity contribution in [1.82, 2.24) is 0 Å². The van der Waals surface area contributed by atoms with Crippen molar-refractivity contribution >= 4 is 111 Å². The summed E-state index contributed by atoms with van der Waals surface area (Å²) in [6.07, 6.45) is 0. The second-order valence-corrected chi connectivity index (χ2v) is 22.3. The Morgan fingerprint density at radius 3 is 1.65 bits per heavy atom. The molecule has 0 fully saturated rings. The van der Waals surface area contributed by atoms with Gasteiger partial charge in [-0.2, -0.15) is 0 Å². The average molecular weight is 951 g/mol. The first-order valence-electron chi connectivity index (χ1n) is 25.1. The molecule has 5 nitrogen and oxygen atoms in total. The van der Waals surface area contributed by atoms with Crippen LogP contribution in [0.3, 0.4) is 0 Å². The Bertz CT molecular complexity index is 4070. The predicted octanol–water partition coefficient (Wildman–Crippen LogP) is 17.3. The van der Waals surface area contributed by atoms with E-state index in [1.165, 1.54) is 70.8 Å². The third-order valence-corrected chi connectivity index (χ3v) is 16.4. The smallest absolute Gasteiger partial charge is 0.254 e. The van der Waals surface area contributed by atoms with Gasteiger partial charge in [-0.25, -0.2) is 0 Å². The monoisotopic (exact) mass is 950 g/mol. The molecule has 72 heavy (non-hydrogen) atoms. The molecule has 7 heteroatoms. The number of rotatable bonds is 6. The highest BCUT2D eigenvalue weighted by Gasteiger charge is 2.46. The number of aryl methyl sites for hydroxylation is 2. The minimum atomic E-state index is -0.0728. The van der Waals surface area contributed by atoms with Crippen molar-refractivity contribution < 1.29 is 13.3 Å². The van der Waals surface area contributed by atoms with Crippen molar-refractivity contribution in [3.8, 4) is 34.0 Å². The maximum absolute atomic E-state index is 6.64. The van der Waals surface area contributed by atoms with Crippen LogP contribution in [0.15, 0.2) is 189 Å². The lowest BCUT2D eigenvalue weighted by Crippen LogP contribution is -2.61. The molecule has 12 aromatic rings. The molecule has 2 aliphatic heterocycles. The number of fused-ring (bicyclic) bond motifs is 9. The molecule has 2 aliphatic rings. The number of para-hydroxylation sites is 3. The maximum Gasteiger partial charge on any atom is 0.254 e. The molecule has 0 spiro atoms. The number of anilines is 6. The van der Waals surface area contributed by atoms with Crippen molar-refractivity contribution in [3.63, 3.8) is 0 Å². The second-order valence-electron chi connectivity index (χ2n) is 21.2. The van der Waals surface area contributed by atoms with Crippen LogP contribution in [0.1, 0.15) is 62.8 Å². The summed E-state index contributed by atoms with van der Waals surface area (Å²) in [6, 6.07) is 64.1. The van der Waals surface area contributed by atoms with Gasteiger partial charge in [0.15, 0.2) is 0 Å². The van der Waals surface area contributed by atoms with E-state index < -0.39 is 0 Å². The van der Waals surface area contributed by atoms with Gasteiger partial charge in [0.2, 0.25) is 0 Å². The van der Waals surface area contributed by atoms with Gasteiger partial charge in [0.25, 0.3) is 6.71 Å². The second kappa shape index (κ2) is 15.8. The summed E-state index contributed by atoms with van der Waals surface area (Å²) in [5.74, 6) is 2.81. The molecule has 0 bridgehead atoms. The first-order valence-corrected chi connectivity index (χ1v) is 25.9. The Morgan fingerprint density at radius 1 is 0.500 bits per heavy atom. The highest BCUT2D eigenvalue weighted by atomic mass is 32.1. The van der Waals surface area contributed by atoms with Gasteiger partial charge in [-0.05, 0) is 154 Å². The van der Waals surface area contributed by atoms with E-state index >= 15 is 0 Å². The van der Waals surface area contributed by atoms with Crippen molar-refractivity contribution in [1.29, 1.82) is 0 Å². The van der Waals surface area contributed by atoms with Crippen LogP contribution in [0.4, 0.5) is 33.4 Å². The molecular weight excluding hydrogens is 900 g/mol. The zero-order chi connectivity index (χ0) is 48.7. The van der Waals surface area contributed by atoms with E-state index in [0.717, 1.165) is 78.3 Å². The van der Waals surface area contributed by atoms with Gasteiger partial charge >= 0.3 is 0 Å². The molecule has 0 unspecified atom stereocenters. The standard InChI is InChI=1S/C65H51BN2O3S/c1-37(2)45-31-52-62-53(32-45)68(63-38(3)27-46(28-39(63)4)59-35-43-17-10-13-22-56(43)71-59)64-61(49-36-47(65(5,6)7)24-26-60(49)72-64)66(62)50-25-23-44(58-34-42-16-9-12-21-55(42)70-58)30-51(50)67(52)48-19-14-18-40(29-48)57-33-41-15-8-11-20-54(41)69-57/h8-37H,1-7H3. The number of hydrogen-bond acceptors (Lipinski definition) is 6. The van der Waals surface area contributed by atoms with E-state index in [-0.39, 0.29) is 18.0 Å². The molecule has 0 radical (unpaired) electrons. The number of hydrogen-bond donors (Lipinski definition) is 0. The molecule has 0 atom stereocenters. The summed E-state index contributed by atoms with van der Waals surface area (Å²) in [5, 5.41) is 5.85. The van der Waals surface area contributed by atoms with Crippen LogP contribution in [0.25, 0.3) is 77.0 Å². The first-order chi connectivity index (χ1) is 34.9. The fourth-order valence-electron chi connectivity index (χ4n) is 11.6. The van der Waals surface area contributed by atoms with Gasteiger partial charge in [0.1, 0.15) is 34.0 Å². The molecule has 0 amide bonds. The van der Waals surface area contributed by atoms with Gasteiger partial charge in [0, 0.05) is 60.3 Å². The summed E-state index contributed by atoms with van der Waals surface area (Å²) in [7, 11) is 0. The number of thiophene rings is 1. The maximum atomic E-state index is 6.64. The van der Waals surface area contributed by atoms with Crippen LogP contribution in [-0.2, 0) is 5.41 Å². The quantitative estimate of drug-likeness (QED) is 0.155. The van der Waals surface area contributed by atoms with E-state index in [2.05, 4.69) is 204 Å². The van der Waals surface area contributed by atoms with Crippen LogP contribution >= 0.6 is 11.3 Å². The van der Waals surface area contributed by atoms with Crippen LogP contribution in [0.2, 0.25) is 0 Å². The zero-order valence-electron chi connectivity index (χ0n) is 41.4. The third-order valence-electron chi connectivity index (χ3n) is 15.2. The summed E-state index contributed by atoms with van der Waals surface area (Å²) in [4.78, 5) is 5.15. The van der Waals surface area contributed by atoms with Crippen LogP contribution < -0.4 is 26.2 Å². The molecule has 4 aromatic heterocycles. The summed E-state index contributed by atoms with van der Waals surface area (Å²) in [5.41, 5.74) is 20.4. The fourth-order valence-corrected chi connectivity index (χ4v) is 12.9. The number of benzene rings is 8. The van der Waals surface area contributed by atoms with E-state index in [4.69, 9.17) is 13.3 Å². The van der Waals surface area contributed by atoms with Crippen molar-refractivity contribution in [2.75, 3.05) is 9.80 Å². The van der Waals surface area contributed by atoms with Crippen LogP contribution in [0, 0.1) is 13.8 Å². The molecule has 348 valence electrons.